The zero-order valence-electron chi connectivity index (χ0n) is 18.1. The van der Waals surface area contributed by atoms with Gasteiger partial charge in [0.25, 0.3) is 5.56 Å². The number of ether oxygens (including phenoxy) is 2. The standard InChI is InChI=1S/C26H30N2O3/c1-21(24-9-7-22(8-10-24)19-27-13-15-30-16-14-27)18-28-12-11-25(17-26(28)29)31-20-23-5-3-2-4-6-23/h2-12,17,21H,13-16,18-20H2,1H3. The number of pyridine rings is 1. The molecule has 1 unspecified atom stereocenters. The van der Waals surface area contributed by atoms with Crippen LogP contribution >= 0.6 is 0 Å². The van der Waals surface area contributed by atoms with Crippen LogP contribution in [0.5, 0.6) is 5.75 Å². The van der Waals surface area contributed by atoms with Crippen molar-refractivity contribution in [3.8, 4) is 5.75 Å². The van der Waals surface area contributed by atoms with Crippen LogP contribution in [0.3, 0.4) is 0 Å². The van der Waals surface area contributed by atoms with E-state index in [2.05, 4.69) is 36.1 Å². The lowest BCUT2D eigenvalue weighted by atomic mass is 9.99. The van der Waals surface area contributed by atoms with Crippen LogP contribution < -0.4 is 10.3 Å². The van der Waals surface area contributed by atoms with Gasteiger partial charge in [-0.2, -0.15) is 0 Å². The smallest absolute Gasteiger partial charge is 0.254 e. The van der Waals surface area contributed by atoms with Crippen LogP contribution in [0.1, 0.15) is 29.5 Å². The summed E-state index contributed by atoms with van der Waals surface area (Å²) >= 11 is 0. The Morgan fingerprint density at radius 3 is 2.42 bits per heavy atom. The van der Waals surface area contributed by atoms with E-state index in [-0.39, 0.29) is 11.5 Å². The quantitative estimate of drug-likeness (QED) is 0.553. The Morgan fingerprint density at radius 1 is 0.968 bits per heavy atom. The Morgan fingerprint density at radius 2 is 1.71 bits per heavy atom. The van der Waals surface area contributed by atoms with E-state index in [4.69, 9.17) is 9.47 Å². The molecule has 0 amide bonds. The highest BCUT2D eigenvalue weighted by atomic mass is 16.5. The summed E-state index contributed by atoms with van der Waals surface area (Å²) in [6, 6.07) is 22.2. The molecule has 5 heteroatoms. The number of rotatable bonds is 8. The molecule has 31 heavy (non-hydrogen) atoms. The minimum atomic E-state index is -0.0404. The molecule has 1 aromatic heterocycles. The zero-order valence-corrected chi connectivity index (χ0v) is 18.1. The lowest BCUT2D eigenvalue weighted by Gasteiger charge is -2.26. The molecule has 1 aliphatic heterocycles. The van der Waals surface area contributed by atoms with Crippen LogP contribution in [-0.2, 0) is 24.4 Å². The number of morpholine rings is 1. The van der Waals surface area contributed by atoms with E-state index < -0.39 is 0 Å². The first-order chi connectivity index (χ1) is 15.2. The van der Waals surface area contributed by atoms with Gasteiger partial charge in [0.15, 0.2) is 0 Å². The first-order valence-electron chi connectivity index (χ1n) is 10.9. The minimum absolute atomic E-state index is 0.0404. The summed E-state index contributed by atoms with van der Waals surface area (Å²) in [6.07, 6.45) is 1.83. The molecule has 2 heterocycles. The summed E-state index contributed by atoms with van der Waals surface area (Å²) in [5.74, 6) is 0.844. The third-order valence-electron chi connectivity index (χ3n) is 5.75. The summed E-state index contributed by atoms with van der Waals surface area (Å²) in [5.41, 5.74) is 3.59. The van der Waals surface area contributed by atoms with Crippen LogP contribution in [0.15, 0.2) is 77.7 Å². The zero-order chi connectivity index (χ0) is 21.5. The molecule has 0 aliphatic carbocycles. The average molecular weight is 419 g/mol. The molecule has 0 radical (unpaired) electrons. The molecule has 1 atom stereocenters. The summed E-state index contributed by atoms with van der Waals surface area (Å²) in [5, 5.41) is 0. The van der Waals surface area contributed by atoms with E-state index in [1.807, 2.05) is 42.6 Å². The van der Waals surface area contributed by atoms with E-state index in [1.54, 1.807) is 10.6 Å². The van der Waals surface area contributed by atoms with Crippen LogP contribution in [0, 0.1) is 0 Å². The van der Waals surface area contributed by atoms with E-state index in [0.29, 0.717) is 18.9 Å². The second-order valence-electron chi connectivity index (χ2n) is 8.16. The fourth-order valence-corrected chi connectivity index (χ4v) is 3.84. The number of hydrogen-bond acceptors (Lipinski definition) is 4. The Kier molecular flexibility index (Phi) is 7.18. The SMILES string of the molecule is CC(Cn1ccc(OCc2ccccc2)cc1=O)c1ccc(CN2CCOCC2)cc1. The maximum Gasteiger partial charge on any atom is 0.254 e. The maximum absolute atomic E-state index is 12.6. The van der Waals surface area contributed by atoms with Crippen LogP contribution in [0.2, 0.25) is 0 Å². The average Bonchev–Trinajstić information content (AvgIpc) is 2.81. The van der Waals surface area contributed by atoms with E-state index in [9.17, 15) is 4.79 Å². The highest BCUT2D eigenvalue weighted by Gasteiger charge is 2.12. The highest BCUT2D eigenvalue weighted by molar-refractivity contribution is 5.26. The number of hydrogen-bond donors (Lipinski definition) is 0. The molecule has 4 rings (SSSR count). The van der Waals surface area contributed by atoms with Crippen molar-refractivity contribution in [3.05, 3.63) is 100.0 Å². The van der Waals surface area contributed by atoms with Gasteiger partial charge in [-0.3, -0.25) is 9.69 Å². The minimum Gasteiger partial charge on any atom is -0.489 e. The Balaban J connectivity index is 1.33. The molecule has 0 N–H and O–H groups in total. The van der Waals surface area contributed by atoms with Gasteiger partial charge in [-0.25, -0.2) is 0 Å². The molecular formula is C26H30N2O3. The molecular weight excluding hydrogens is 388 g/mol. The predicted octanol–water partition coefficient (Wildman–Crippen LogP) is 4.06. The van der Waals surface area contributed by atoms with E-state index in [0.717, 1.165) is 38.4 Å². The second kappa shape index (κ2) is 10.4. The highest BCUT2D eigenvalue weighted by Crippen LogP contribution is 2.19. The van der Waals surface area contributed by atoms with Crippen LogP contribution in [0.4, 0.5) is 0 Å². The third kappa shape index (κ3) is 6.06. The monoisotopic (exact) mass is 418 g/mol. The molecule has 0 saturated carbocycles. The third-order valence-corrected chi connectivity index (χ3v) is 5.75. The summed E-state index contributed by atoms with van der Waals surface area (Å²) in [4.78, 5) is 15.0. The van der Waals surface area contributed by atoms with Gasteiger partial charge in [-0.15, -0.1) is 0 Å². The Labute approximate surface area is 183 Å². The first-order valence-corrected chi connectivity index (χ1v) is 10.9. The predicted molar refractivity (Wildman–Crippen MR) is 122 cm³/mol. The molecule has 1 fully saturated rings. The van der Waals surface area contributed by atoms with E-state index in [1.165, 1.54) is 11.1 Å². The van der Waals surface area contributed by atoms with Gasteiger partial charge in [-0.05, 0) is 28.7 Å². The molecule has 0 spiro atoms. The summed E-state index contributed by atoms with van der Waals surface area (Å²) in [7, 11) is 0. The molecule has 0 bridgehead atoms. The first kappa shape index (κ1) is 21.3. The molecule has 1 aliphatic rings. The molecule has 1 saturated heterocycles. The largest absolute Gasteiger partial charge is 0.489 e. The Bertz CT molecular complexity index is 1010. The van der Waals surface area contributed by atoms with Crippen molar-refractivity contribution in [2.24, 2.45) is 0 Å². The lowest BCUT2D eigenvalue weighted by Crippen LogP contribution is -2.35. The van der Waals surface area contributed by atoms with Gasteiger partial charge in [0, 0.05) is 38.4 Å². The van der Waals surface area contributed by atoms with Crippen molar-refractivity contribution in [1.82, 2.24) is 9.47 Å². The second-order valence-corrected chi connectivity index (χ2v) is 8.16. The van der Waals surface area contributed by atoms with Crippen molar-refractivity contribution in [2.75, 3.05) is 26.3 Å². The molecule has 162 valence electrons. The van der Waals surface area contributed by atoms with E-state index >= 15 is 0 Å². The molecule has 2 aromatic carbocycles. The van der Waals surface area contributed by atoms with Gasteiger partial charge >= 0.3 is 0 Å². The van der Waals surface area contributed by atoms with Crippen molar-refractivity contribution in [3.63, 3.8) is 0 Å². The number of nitrogens with zero attached hydrogens (tertiary/aromatic N) is 2. The van der Waals surface area contributed by atoms with Crippen molar-refractivity contribution >= 4 is 0 Å². The van der Waals surface area contributed by atoms with Gasteiger partial charge in [0.1, 0.15) is 12.4 Å². The van der Waals surface area contributed by atoms with Crippen LogP contribution in [0.25, 0.3) is 0 Å². The number of aromatic nitrogens is 1. The van der Waals surface area contributed by atoms with Gasteiger partial charge < -0.3 is 14.0 Å². The molecule has 3 aromatic rings. The fourth-order valence-electron chi connectivity index (χ4n) is 3.84. The van der Waals surface area contributed by atoms with Crippen molar-refractivity contribution in [2.45, 2.75) is 32.5 Å². The van der Waals surface area contributed by atoms with Gasteiger partial charge in [0.05, 0.1) is 13.2 Å². The lowest BCUT2D eigenvalue weighted by molar-refractivity contribution is 0.0342. The molecule has 5 nitrogen and oxygen atoms in total. The fraction of sp³-hybridized carbons (Fsp3) is 0.346. The summed E-state index contributed by atoms with van der Waals surface area (Å²) < 4.78 is 12.9. The maximum atomic E-state index is 12.6. The van der Waals surface area contributed by atoms with Crippen molar-refractivity contribution in [1.29, 1.82) is 0 Å². The van der Waals surface area contributed by atoms with Crippen LogP contribution in [-0.4, -0.2) is 35.8 Å². The number of benzene rings is 2. The van der Waals surface area contributed by atoms with Gasteiger partial charge in [0.2, 0.25) is 0 Å². The topological polar surface area (TPSA) is 43.7 Å². The Hall–Kier alpha value is -2.89. The normalized spacial score (nSPS) is 15.5. The van der Waals surface area contributed by atoms with Gasteiger partial charge in [-0.1, -0.05) is 61.5 Å². The van der Waals surface area contributed by atoms with Crippen molar-refractivity contribution < 1.29 is 9.47 Å². The summed E-state index contributed by atoms with van der Waals surface area (Å²) in [6.45, 7) is 7.83.